The van der Waals surface area contributed by atoms with E-state index in [1.807, 2.05) is 0 Å². The lowest BCUT2D eigenvalue weighted by Crippen LogP contribution is -2.12. The van der Waals surface area contributed by atoms with Gasteiger partial charge in [-0.2, -0.15) is 0 Å². The summed E-state index contributed by atoms with van der Waals surface area (Å²) in [5.74, 6) is 0. The Morgan fingerprint density at radius 3 is 1.60 bits per heavy atom. The molecule has 2 nitrogen and oxygen atoms in total. The normalized spacial score (nSPS) is 11.4. The molecule has 0 spiro atoms. The quantitative estimate of drug-likeness (QED) is 0.162. The molecule has 58 heavy (non-hydrogen) atoms. The van der Waals surface area contributed by atoms with Gasteiger partial charge in [0.15, 0.2) is 0 Å². The number of rotatable bonds is 7. The van der Waals surface area contributed by atoms with E-state index in [9.17, 15) is 0 Å². The Morgan fingerprint density at radius 1 is 0.310 bits per heavy atom. The molecule has 0 radical (unpaired) electrons. The van der Waals surface area contributed by atoms with Gasteiger partial charge in [0.25, 0.3) is 0 Å². The number of hydrogen-bond acceptors (Lipinski definition) is 2. The molecule has 1 heterocycles. The summed E-state index contributed by atoms with van der Waals surface area (Å²) in [5, 5.41) is 7.01. The van der Waals surface area contributed by atoms with E-state index < -0.39 is 0 Å². The van der Waals surface area contributed by atoms with Crippen LogP contribution in [0.1, 0.15) is 0 Å². The molecule has 0 aliphatic heterocycles. The van der Waals surface area contributed by atoms with Crippen LogP contribution in [0, 0.1) is 0 Å². The minimum Gasteiger partial charge on any atom is -0.455 e. The number of benzene rings is 10. The maximum atomic E-state index is 6.89. The van der Waals surface area contributed by atoms with Crippen molar-refractivity contribution in [3.05, 3.63) is 224 Å². The second-order valence-corrected chi connectivity index (χ2v) is 14.9. The lowest BCUT2D eigenvalue weighted by molar-refractivity contribution is 0.670. The molecule has 272 valence electrons. The topological polar surface area (TPSA) is 16.4 Å². The molecule has 1 aromatic heterocycles. The van der Waals surface area contributed by atoms with Crippen LogP contribution >= 0.6 is 0 Å². The third-order valence-electron chi connectivity index (χ3n) is 11.4. The average molecular weight is 740 g/mol. The Hall–Kier alpha value is -7.68. The monoisotopic (exact) mass is 739 g/mol. The van der Waals surface area contributed by atoms with Crippen molar-refractivity contribution >= 4 is 60.5 Å². The second-order valence-electron chi connectivity index (χ2n) is 14.9. The molecular formula is C56H37NO. The third-order valence-corrected chi connectivity index (χ3v) is 11.4. The predicted molar refractivity (Wildman–Crippen MR) is 245 cm³/mol. The second kappa shape index (κ2) is 14.1. The summed E-state index contributed by atoms with van der Waals surface area (Å²) in [7, 11) is 0. The van der Waals surface area contributed by atoms with Gasteiger partial charge >= 0.3 is 0 Å². The zero-order chi connectivity index (χ0) is 38.4. The molecule has 0 fully saturated rings. The first-order valence-corrected chi connectivity index (χ1v) is 19.8. The number of anilines is 3. The highest BCUT2D eigenvalue weighted by atomic mass is 16.3. The number of fused-ring (bicyclic) bond motifs is 5. The van der Waals surface area contributed by atoms with Crippen LogP contribution in [0.3, 0.4) is 0 Å². The fourth-order valence-electron chi connectivity index (χ4n) is 8.57. The molecule has 11 aromatic rings. The van der Waals surface area contributed by atoms with E-state index >= 15 is 0 Å². The average Bonchev–Trinajstić information content (AvgIpc) is 3.70. The summed E-state index contributed by atoms with van der Waals surface area (Å²) in [5.41, 5.74) is 14.1. The highest BCUT2D eigenvalue weighted by Crippen LogP contribution is 2.49. The largest absolute Gasteiger partial charge is 0.455 e. The zero-order valence-electron chi connectivity index (χ0n) is 31.7. The Morgan fingerprint density at radius 2 is 0.862 bits per heavy atom. The summed E-state index contributed by atoms with van der Waals surface area (Å²) >= 11 is 0. The summed E-state index contributed by atoms with van der Waals surface area (Å²) in [6.45, 7) is 0. The molecule has 0 saturated heterocycles. The van der Waals surface area contributed by atoms with Gasteiger partial charge in [-0.15, -0.1) is 0 Å². The van der Waals surface area contributed by atoms with Crippen molar-refractivity contribution in [2.24, 2.45) is 0 Å². The van der Waals surface area contributed by atoms with E-state index in [0.29, 0.717) is 0 Å². The van der Waals surface area contributed by atoms with Gasteiger partial charge in [0.05, 0.1) is 16.8 Å². The molecule has 0 bridgehead atoms. The van der Waals surface area contributed by atoms with Crippen LogP contribution in [0.15, 0.2) is 229 Å². The van der Waals surface area contributed by atoms with Crippen LogP contribution in [-0.2, 0) is 0 Å². The van der Waals surface area contributed by atoms with Crippen LogP contribution in [0.2, 0.25) is 0 Å². The van der Waals surface area contributed by atoms with E-state index in [1.54, 1.807) is 0 Å². The van der Waals surface area contributed by atoms with Gasteiger partial charge in [-0.1, -0.05) is 176 Å². The fraction of sp³-hybridized carbons (Fsp3) is 0. The molecule has 0 atom stereocenters. The van der Waals surface area contributed by atoms with Gasteiger partial charge in [0.1, 0.15) is 11.2 Å². The minimum absolute atomic E-state index is 0.863. The first-order chi connectivity index (χ1) is 28.7. The molecule has 0 amide bonds. The van der Waals surface area contributed by atoms with Crippen molar-refractivity contribution < 1.29 is 4.42 Å². The maximum absolute atomic E-state index is 6.89. The minimum atomic E-state index is 0.863. The molecule has 2 heteroatoms. The third kappa shape index (κ3) is 5.91. The zero-order valence-corrected chi connectivity index (χ0v) is 31.7. The van der Waals surface area contributed by atoms with Gasteiger partial charge in [0.2, 0.25) is 0 Å². The van der Waals surface area contributed by atoms with Crippen molar-refractivity contribution in [2.45, 2.75) is 0 Å². The van der Waals surface area contributed by atoms with Gasteiger partial charge in [0, 0.05) is 22.2 Å². The standard InChI is InChI=1S/C56H37NO/c1-2-13-38(14-3-1)41-25-27-42(28-26-41)45-19-12-20-48(37-45)57(52-23-10-8-21-49(52)46-31-29-39-15-4-6-17-43(39)35-46)53-34-33-50(47-32-30-40-16-5-7-18-44(40)36-47)56-55(53)51-22-9-11-24-54(51)58-56/h1-37H. The number of furan rings is 1. The van der Waals surface area contributed by atoms with Crippen molar-refractivity contribution in [2.75, 3.05) is 4.90 Å². The number of hydrogen-bond donors (Lipinski definition) is 0. The Balaban J connectivity index is 1.14. The highest BCUT2D eigenvalue weighted by Gasteiger charge is 2.24. The Labute approximate surface area is 337 Å². The van der Waals surface area contributed by atoms with Gasteiger partial charge in [-0.05, 0) is 103 Å². The SMILES string of the molecule is c1ccc(-c2ccc(-c3cccc(N(c4ccccc4-c4ccc5ccccc5c4)c4ccc(-c5ccc6ccccc6c5)c5oc6ccccc6c45)c3)cc2)cc1. The van der Waals surface area contributed by atoms with Crippen molar-refractivity contribution in [3.8, 4) is 44.5 Å². The van der Waals surface area contributed by atoms with Crippen LogP contribution < -0.4 is 4.90 Å². The smallest absolute Gasteiger partial charge is 0.145 e. The highest BCUT2D eigenvalue weighted by molar-refractivity contribution is 6.17. The number of nitrogens with zero attached hydrogens (tertiary/aromatic N) is 1. The van der Waals surface area contributed by atoms with Crippen LogP contribution in [0.4, 0.5) is 17.1 Å². The molecule has 0 N–H and O–H groups in total. The fourth-order valence-corrected chi connectivity index (χ4v) is 8.57. The summed E-state index contributed by atoms with van der Waals surface area (Å²) in [6, 6.07) is 80.7. The van der Waals surface area contributed by atoms with Gasteiger partial charge < -0.3 is 9.32 Å². The molecule has 10 aromatic carbocycles. The van der Waals surface area contributed by atoms with E-state index in [4.69, 9.17) is 4.42 Å². The predicted octanol–water partition coefficient (Wildman–Crippen LogP) is 16.0. The van der Waals surface area contributed by atoms with Crippen LogP contribution in [-0.4, -0.2) is 0 Å². The Kier molecular flexibility index (Phi) is 8.19. The molecule has 0 aliphatic rings. The van der Waals surface area contributed by atoms with E-state index in [1.165, 1.54) is 32.7 Å². The lowest BCUT2D eigenvalue weighted by Gasteiger charge is -2.29. The van der Waals surface area contributed by atoms with E-state index in [0.717, 1.165) is 72.4 Å². The van der Waals surface area contributed by atoms with E-state index in [-0.39, 0.29) is 0 Å². The van der Waals surface area contributed by atoms with Gasteiger partial charge in [-0.3, -0.25) is 0 Å². The summed E-state index contributed by atoms with van der Waals surface area (Å²) in [4.78, 5) is 2.43. The molecule has 11 rings (SSSR count). The van der Waals surface area contributed by atoms with E-state index in [2.05, 4.69) is 229 Å². The van der Waals surface area contributed by atoms with Gasteiger partial charge in [-0.25, -0.2) is 0 Å². The van der Waals surface area contributed by atoms with Crippen molar-refractivity contribution in [3.63, 3.8) is 0 Å². The number of para-hydroxylation sites is 2. The lowest BCUT2D eigenvalue weighted by atomic mass is 9.96. The summed E-state index contributed by atoms with van der Waals surface area (Å²) < 4.78 is 6.89. The molecule has 0 aliphatic carbocycles. The van der Waals surface area contributed by atoms with Crippen LogP contribution in [0.25, 0.3) is 88.0 Å². The van der Waals surface area contributed by atoms with Crippen molar-refractivity contribution in [1.82, 2.24) is 0 Å². The van der Waals surface area contributed by atoms with Crippen LogP contribution in [0.5, 0.6) is 0 Å². The molecule has 0 unspecified atom stereocenters. The first-order valence-electron chi connectivity index (χ1n) is 19.8. The van der Waals surface area contributed by atoms with Crippen molar-refractivity contribution in [1.29, 1.82) is 0 Å². The molecular weight excluding hydrogens is 703 g/mol. The summed E-state index contributed by atoms with van der Waals surface area (Å²) in [6.07, 6.45) is 0. The maximum Gasteiger partial charge on any atom is 0.145 e. The first kappa shape index (κ1) is 33.6. The Bertz CT molecular complexity index is 3290. The molecule has 0 saturated carbocycles.